The molecule has 6 heteroatoms. The second-order valence-corrected chi connectivity index (χ2v) is 7.13. The van der Waals surface area contributed by atoms with E-state index < -0.39 is 0 Å². The van der Waals surface area contributed by atoms with Crippen molar-refractivity contribution in [1.29, 1.82) is 0 Å². The lowest BCUT2D eigenvalue weighted by atomic mass is 9.95. The Labute approximate surface area is 159 Å². The first-order chi connectivity index (χ1) is 13.2. The fraction of sp³-hybridized carbons (Fsp3) is 0.429. The third kappa shape index (κ3) is 4.06. The quantitative estimate of drug-likeness (QED) is 0.900. The molecule has 1 N–H and O–H groups in total. The summed E-state index contributed by atoms with van der Waals surface area (Å²) in [5.74, 6) is 1.58. The maximum atomic E-state index is 11.7. The molecule has 2 aliphatic heterocycles. The van der Waals surface area contributed by atoms with Gasteiger partial charge in [0.2, 0.25) is 5.91 Å². The molecule has 1 amide bonds. The molecule has 3 heterocycles. The Kier molecular flexibility index (Phi) is 5.25. The number of fused-ring (bicyclic) bond motifs is 1. The van der Waals surface area contributed by atoms with E-state index in [1.807, 2.05) is 12.1 Å². The first-order valence-corrected chi connectivity index (χ1v) is 9.50. The average molecular weight is 367 g/mol. The molecule has 1 atom stereocenters. The number of nitrogens with one attached hydrogen (secondary N) is 1. The monoisotopic (exact) mass is 367 g/mol. The van der Waals surface area contributed by atoms with E-state index in [0.717, 1.165) is 38.0 Å². The Morgan fingerprint density at radius 1 is 1.22 bits per heavy atom. The number of hydrogen-bond acceptors (Lipinski definition) is 5. The number of carbonyl (C=O) groups excluding carboxylic acids is 1. The number of rotatable bonds is 4. The average Bonchev–Trinajstić information content (AvgIpc) is 2.74. The van der Waals surface area contributed by atoms with Crippen LogP contribution in [0.4, 0.5) is 0 Å². The fourth-order valence-corrected chi connectivity index (χ4v) is 3.73. The van der Waals surface area contributed by atoms with Crippen LogP contribution in [-0.4, -0.2) is 42.5 Å². The van der Waals surface area contributed by atoms with Gasteiger partial charge >= 0.3 is 0 Å². The molecule has 0 saturated carbocycles. The molecule has 2 aliphatic rings. The van der Waals surface area contributed by atoms with Gasteiger partial charge in [-0.15, -0.1) is 0 Å². The van der Waals surface area contributed by atoms with E-state index in [4.69, 9.17) is 9.47 Å². The number of benzene rings is 1. The zero-order valence-electron chi connectivity index (χ0n) is 15.6. The maximum absolute atomic E-state index is 11.7. The van der Waals surface area contributed by atoms with Crippen molar-refractivity contribution in [1.82, 2.24) is 15.2 Å². The van der Waals surface area contributed by atoms with E-state index in [2.05, 4.69) is 39.5 Å². The van der Waals surface area contributed by atoms with Crippen LogP contribution in [0.3, 0.4) is 0 Å². The Hall–Kier alpha value is -2.60. The molecule has 4 rings (SSSR count). The van der Waals surface area contributed by atoms with E-state index in [1.54, 1.807) is 13.2 Å². The normalized spacial score (nSPS) is 20.3. The molecule has 0 aliphatic carbocycles. The molecule has 0 spiro atoms. The zero-order chi connectivity index (χ0) is 18.6. The molecule has 27 heavy (non-hydrogen) atoms. The summed E-state index contributed by atoms with van der Waals surface area (Å²) in [5, 5.41) is 2.76. The van der Waals surface area contributed by atoms with Gasteiger partial charge in [-0.1, -0.05) is 24.3 Å². The second kappa shape index (κ2) is 7.96. The minimum atomic E-state index is -0.134. The SMILES string of the molecule is CNC(=O)C1CCN(Cc2ccc([C@H]3COc4cccnc4O3)cc2)CC1. The van der Waals surface area contributed by atoms with Crippen molar-refractivity contribution in [2.45, 2.75) is 25.5 Å². The summed E-state index contributed by atoms with van der Waals surface area (Å²) in [6.45, 7) is 3.32. The van der Waals surface area contributed by atoms with E-state index in [9.17, 15) is 4.79 Å². The van der Waals surface area contributed by atoms with E-state index in [-0.39, 0.29) is 17.9 Å². The van der Waals surface area contributed by atoms with E-state index in [1.165, 1.54) is 5.56 Å². The van der Waals surface area contributed by atoms with Gasteiger partial charge in [-0.3, -0.25) is 9.69 Å². The van der Waals surface area contributed by atoms with Crippen LogP contribution in [0.1, 0.15) is 30.1 Å². The molecule has 0 radical (unpaired) electrons. The molecule has 1 aromatic heterocycles. The van der Waals surface area contributed by atoms with Crippen LogP contribution < -0.4 is 14.8 Å². The molecule has 0 bridgehead atoms. The number of ether oxygens (including phenoxy) is 2. The van der Waals surface area contributed by atoms with Crippen molar-refractivity contribution in [2.24, 2.45) is 5.92 Å². The van der Waals surface area contributed by atoms with E-state index in [0.29, 0.717) is 18.2 Å². The van der Waals surface area contributed by atoms with Crippen molar-refractivity contribution in [2.75, 3.05) is 26.7 Å². The van der Waals surface area contributed by atoms with Crippen molar-refractivity contribution >= 4 is 5.91 Å². The number of pyridine rings is 1. The highest BCUT2D eigenvalue weighted by Crippen LogP contribution is 2.34. The molecular weight excluding hydrogens is 342 g/mol. The van der Waals surface area contributed by atoms with Gasteiger partial charge in [0.05, 0.1) is 0 Å². The van der Waals surface area contributed by atoms with Gasteiger partial charge in [0.25, 0.3) is 5.88 Å². The number of amides is 1. The highest BCUT2D eigenvalue weighted by atomic mass is 16.6. The largest absolute Gasteiger partial charge is 0.484 e. The van der Waals surface area contributed by atoms with Crippen LogP contribution in [0.15, 0.2) is 42.6 Å². The molecule has 1 fully saturated rings. The number of nitrogens with zero attached hydrogens (tertiary/aromatic N) is 2. The Bertz CT molecular complexity index is 786. The lowest BCUT2D eigenvalue weighted by Crippen LogP contribution is -2.39. The lowest BCUT2D eigenvalue weighted by Gasteiger charge is -2.31. The van der Waals surface area contributed by atoms with Gasteiger partial charge in [-0.2, -0.15) is 0 Å². The van der Waals surface area contributed by atoms with Crippen LogP contribution in [0.5, 0.6) is 11.6 Å². The predicted molar refractivity (Wildman–Crippen MR) is 102 cm³/mol. The van der Waals surface area contributed by atoms with E-state index >= 15 is 0 Å². The number of carbonyl (C=O) groups is 1. The van der Waals surface area contributed by atoms with Crippen molar-refractivity contribution in [3.8, 4) is 11.6 Å². The standard InChI is InChI=1S/C21H25N3O3/c1-22-20(25)17-8-11-24(12-9-17)13-15-4-6-16(7-5-15)19-14-26-18-3-2-10-23-21(18)27-19/h2-7,10,17,19H,8-9,11-14H2,1H3,(H,22,25)/t19-/m1/s1. The molecule has 142 valence electrons. The predicted octanol–water partition coefficient (Wildman–Crippen LogP) is 2.55. The van der Waals surface area contributed by atoms with Gasteiger partial charge in [-0.05, 0) is 49.2 Å². The summed E-state index contributed by atoms with van der Waals surface area (Å²) in [6.07, 6.45) is 3.43. The summed E-state index contributed by atoms with van der Waals surface area (Å²) < 4.78 is 11.7. The van der Waals surface area contributed by atoms with Gasteiger partial charge in [0, 0.05) is 25.7 Å². The van der Waals surface area contributed by atoms with Gasteiger partial charge < -0.3 is 14.8 Å². The Morgan fingerprint density at radius 3 is 2.74 bits per heavy atom. The Morgan fingerprint density at radius 2 is 2.00 bits per heavy atom. The highest BCUT2D eigenvalue weighted by molar-refractivity contribution is 5.78. The summed E-state index contributed by atoms with van der Waals surface area (Å²) >= 11 is 0. The van der Waals surface area contributed by atoms with Gasteiger partial charge in [-0.25, -0.2) is 4.98 Å². The molecular formula is C21H25N3O3. The molecule has 0 unspecified atom stereocenters. The topological polar surface area (TPSA) is 63.7 Å². The first-order valence-electron chi connectivity index (χ1n) is 9.50. The smallest absolute Gasteiger partial charge is 0.257 e. The third-order valence-electron chi connectivity index (χ3n) is 5.34. The number of hydrogen-bond donors (Lipinski definition) is 1. The summed E-state index contributed by atoms with van der Waals surface area (Å²) in [5.41, 5.74) is 2.36. The summed E-state index contributed by atoms with van der Waals surface area (Å²) in [7, 11) is 1.71. The van der Waals surface area contributed by atoms with Crippen molar-refractivity contribution in [3.05, 3.63) is 53.7 Å². The molecule has 1 saturated heterocycles. The van der Waals surface area contributed by atoms with Crippen LogP contribution >= 0.6 is 0 Å². The fourth-order valence-electron chi connectivity index (χ4n) is 3.73. The van der Waals surface area contributed by atoms with Crippen LogP contribution in [-0.2, 0) is 11.3 Å². The second-order valence-electron chi connectivity index (χ2n) is 7.13. The van der Waals surface area contributed by atoms with Crippen LogP contribution in [0.25, 0.3) is 0 Å². The minimum Gasteiger partial charge on any atom is -0.484 e. The van der Waals surface area contributed by atoms with Crippen molar-refractivity contribution in [3.63, 3.8) is 0 Å². The number of piperidine rings is 1. The maximum Gasteiger partial charge on any atom is 0.257 e. The minimum absolute atomic E-state index is 0.134. The molecule has 6 nitrogen and oxygen atoms in total. The highest BCUT2D eigenvalue weighted by Gasteiger charge is 2.25. The first kappa shape index (κ1) is 17.8. The van der Waals surface area contributed by atoms with Crippen LogP contribution in [0, 0.1) is 5.92 Å². The summed E-state index contributed by atoms with van der Waals surface area (Å²) in [6, 6.07) is 12.2. The number of aromatic nitrogens is 1. The summed E-state index contributed by atoms with van der Waals surface area (Å²) in [4.78, 5) is 18.4. The molecule has 1 aromatic carbocycles. The number of likely N-dealkylation sites (tertiary alicyclic amines) is 1. The Balaban J connectivity index is 1.33. The van der Waals surface area contributed by atoms with Gasteiger partial charge in [0.1, 0.15) is 6.61 Å². The third-order valence-corrected chi connectivity index (χ3v) is 5.34. The van der Waals surface area contributed by atoms with Crippen LogP contribution in [0.2, 0.25) is 0 Å². The van der Waals surface area contributed by atoms with Gasteiger partial charge in [0.15, 0.2) is 11.9 Å². The zero-order valence-corrected chi connectivity index (χ0v) is 15.6. The molecule has 2 aromatic rings. The van der Waals surface area contributed by atoms with Crippen molar-refractivity contribution < 1.29 is 14.3 Å². The lowest BCUT2D eigenvalue weighted by molar-refractivity contribution is -0.125.